The molecular formula is C10H14BrN3O2. The molecule has 2 amide bonds. The maximum absolute atomic E-state index is 11.8. The second-order valence-corrected chi connectivity index (χ2v) is 4.62. The van der Waals surface area contributed by atoms with Crippen molar-refractivity contribution >= 4 is 27.7 Å². The van der Waals surface area contributed by atoms with E-state index < -0.39 is 5.91 Å². The molecular weight excluding hydrogens is 274 g/mol. The van der Waals surface area contributed by atoms with E-state index in [0.717, 1.165) is 4.47 Å². The van der Waals surface area contributed by atoms with E-state index in [1.807, 2.05) is 0 Å². The molecule has 0 radical (unpaired) electrons. The third-order valence-electron chi connectivity index (χ3n) is 2.09. The van der Waals surface area contributed by atoms with Crippen molar-refractivity contribution in [3.8, 4) is 0 Å². The Morgan fingerprint density at radius 2 is 2.25 bits per heavy atom. The van der Waals surface area contributed by atoms with Crippen molar-refractivity contribution in [2.24, 2.45) is 12.8 Å². The monoisotopic (exact) mass is 287 g/mol. The first-order valence-electron chi connectivity index (χ1n) is 4.81. The summed E-state index contributed by atoms with van der Waals surface area (Å²) in [6, 6.07) is 1.45. The SMILES string of the molecule is CC(CC(N)=O)NC(=O)c1cc(Br)cn1C. The van der Waals surface area contributed by atoms with Gasteiger partial charge in [0.15, 0.2) is 0 Å². The molecule has 0 bridgehead atoms. The summed E-state index contributed by atoms with van der Waals surface area (Å²) in [5, 5.41) is 2.70. The summed E-state index contributed by atoms with van der Waals surface area (Å²) >= 11 is 3.28. The number of nitrogens with two attached hydrogens (primary N) is 1. The fourth-order valence-corrected chi connectivity index (χ4v) is 1.92. The first-order valence-corrected chi connectivity index (χ1v) is 5.60. The van der Waals surface area contributed by atoms with Crippen LogP contribution in [0.5, 0.6) is 0 Å². The largest absolute Gasteiger partial charge is 0.370 e. The Morgan fingerprint density at radius 1 is 1.62 bits per heavy atom. The van der Waals surface area contributed by atoms with Crippen molar-refractivity contribution in [1.29, 1.82) is 0 Å². The van der Waals surface area contributed by atoms with Crippen LogP contribution in [0.25, 0.3) is 0 Å². The first kappa shape index (κ1) is 12.8. The van der Waals surface area contributed by atoms with Crippen molar-refractivity contribution in [2.75, 3.05) is 0 Å². The summed E-state index contributed by atoms with van der Waals surface area (Å²) in [6.07, 6.45) is 1.92. The van der Waals surface area contributed by atoms with Gasteiger partial charge in [0, 0.05) is 30.2 Å². The molecule has 0 aliphatic heterocycles. The van der Waals surface area contributed by atoms with E-state index in [1.165, 1.54) is 0 Å². The number of carbonyl (C=O) groups excluding carboxylic acids is 2. The summed E-state index contributed by atoms with van der Waals surface area (Å²) in [5.41, 5.74) is 5.57. The van der Waals surface area contributed by atoms with Crippen LogP contribution in [0.15, 0.2) is 16.7 Å². The Balaban J connectivity index is 2.65. The quantitative estimate of drug-likeness (QED) is 0.859. The zero-order chi connectivity index (χ0) is 12.3. The summed E-state index contributed by atoms with van der Waals surface area (Å²) in [7, 11) is 1.78. The molecule has 0 fully saturated rings. The predicted octanol–water partition coefficient (Wildman–Crippen LogP) is 0.781. The lowest BCUT2D eigenvalue weighted by Gasteiger charge is -2.12. The van der Waals surface area contributed by atoms with Crippen LogP contribution in [0.4, 0.5) is 0 Å². The van der Waals surface area contributed by atoms with Crippen LogP contribution in [-0.4, -0.2) is 22.4 Å². The van der Waals surface area contributed by atoms with Crippen molar-refractivity contribution in [1.82, 2.24) is 9.88 Å². The molecule has 88 valence electrons. The van der Waals surface area contributed by atoms with Gasteiger partial charge in [-0.05, 0) is 28.9 Å². The highest BCUT2D eigenvalue weighted by atomic mass is 79.9. The number of hydrogen-bond acceptors (Lipinski definition) is 2. The minimum absolute atomic E-state index is 0.136. The van der Waals surface area contributed by atoms with Gasteiger partial charge in [-0.25, -0.2) is 0 Å². The lowest BCUT2D eigenvalue weighted by Crippen LogP contribution is -2.36. The van der Waals surface area contributed by atoms with Gasteiger partial charge in [-0.3, -0.25) is 9.59 Å². The van der Waals surface area contributed by atoms with Crippen molar-refractivity contribution in [3.63, 3.8) is 0 Å². The number of amides is 2. The smallest absolute Gasteiger partial charge is 0.268 e. The molecule has 3 N–H and O–H groups in total. The number of hydrogen-bond donors (Lipinski definition) is 2. The average Bonchev–Trinajstić information content (AvgIpc) is 2.43. The van der Waals surface area contributed by atoms with Gasteiger partial charge in [0.25, 0.3) is 5.91 Å². The summed E-state index contributed by atoms with van der Waals surface area (Å²) in [4.78, 5) is 22.4. The minimum Gasteiger partial charge on any atom is -0.370 e. The second kappa shape index (κ2) is 5.16. The molecule has 5 nitrogen and oxygen atoms in total. The standard InChI is InChI=1S/C10H14BrN3O2/c1-6(3-9(12)15)13-10(16)8-4-7(11)5-14(8)2/h4-6H,3H2,1-2H3,(H2,12,15)(H,13,16). The molecule has 6 heteroatoms. The van der Waals surface area contributed by atoms with Crippen LogP contribution < -0.4 is 11.1 Å². The van der Waals surface area contributed by atoms with Gasteiger partial charge in [-0.2, -0.15) is 0 Å². The van der Waals surface area contributed by atoms with E-state index in [4.69, 9.17) is 5.73 Å². The zero-order valence-electron chi connectivity index (χ0n) is 9.16. The molecule has 0 saturated carbocycles. The van der Waals surface area contributed by atoms with Gasteiger partial charge in [0.1, 0.15) is 5.69 Å². The molecule has 1 aromatic heterocycles. The third-order valence-corrected chi connectivity index (χ3v) is 2.52. The Hall–Kier alpha value is -1.30. The Morgan fingerprint density at radius 3 is 2.69 bits per heavy atom. The summed E-state index contributed by atoms with van der Waals surface area (Å²) in [5.74, 6) is -0.650. The molecule has 1 unspecified atom stereocenters. The fraction of sp³-hybridized carbons (Fsp3) is 0.400. The number of halogens is 1. The van der Waals surface area contributed by atoms with Gasteiger partial charge in [-0.1, -0.05) is 0 Å². The molecule has 1 rings (SSSR count). The van der Waals surface area contributed by atoms with E-state index in [2.05, 4.69) is 21.2 Å². The Labute approximate surface area is 102 Å². The Kier molecular flexibility index (Phi) is 4.12. The number of carbonyl (C=O) groups is 2. The van der Waals surface area contributed by atoms with Gasteiger partial charge in [0.05, 0.1) is 0 Å². The summed E-state index contributed by atoms with van der Waals surface area (Å²) < 4.78 is 2.54. The maximum Gasteiger partial charge on any atom is 0.268 e. The van der Waals surface area contributed by atoms with Crippen molar-refractivity contribution < 1.29 is 9.59 Å². The van der Waals surface area contributed by atoms with Crippen molar-refractivity contribution in [3.05, 3.63) is 22.4 Å². The maximum atomic E-state index is 11.8. The second-order valence-electron chi connectivity index (χ2n) is 3.70. The van der Waals surface area contributed by atoms with Crippen LogP contribution in [0.3, 0.4) is 0 Å². The molecule has 0 saturated heterocycles. The lowest BCUT2D eigenvalue weighted by molar-refractivity contribution is -0.118. The number of aromatic nitrogens is 1. The number of nitrogens with one attached hydrogen (secondary N) is 1. The van der Waals surface area contributed by atoms with E-state index in [-0.39, 0.29) is 18.4 Å². The van der Waals surface area contributed by atoms with Gasteiger partial charge in [0.2, 0.25) is 5.91 Å². The number of nitrogens with zero attached hydrogens (tertiary/aromatic N) is 1. The van der Waals surface area contributed by atoms with Gasteiger partial charge < -0.3 is 15.6 Å². The molecule has 0 spiro atoms. The van der Waals surface area contributed by atoms with E-state index >= 15 is 0 Å². The van der Waals surface area contributed by atoms with Crippen LogP contribution in [-0.2, 0) is 11.8 Å². The number of aryl methyl sites for hydroxylation is 1. The average molecular weight is 288 g/mol. The Bertz CT molecular complexity index is 414. The lowest BCUT2D eigenvalue weighted by atomic mass is 10.2. The van der Waals surface area contributed by atoms with Gasteiger partial charge >= 0.3 is 0 Å². The normalized spacial score (nSPS) is 12.2. The van der Waals surface area contributed by atoms with Crippen LogP contribution in [0, 0.1) is 0 Å². The van der Waals surface area contributed by atoms with E-state index in [9.17, 15) is 9.59 Å². The van der Waals surface area contributed by atoms with Crippen LogP contribution in [0.2, 0.25) is 0 Å². The van der Waals surface area contributed by atoms with Crippen molar-refractivity contribution in [2.45, 2.75) is 19.4 Å². The molecule has 0 aromatic carbocycles. The topological polar surface area (TPSA) is 77.1 Å². The van der Waals surface area contributed by atoms with Gasteiger partial charge in [-0.15, -0.1) is 0 Å². The first-order chi connectivity index (χ1) is 7.40. The highest BCUT2D eigenvalue weighted by Gasteiger charge is 2.14. The van der Waals surface area contributed by atoms with Crippen LogP contribution >= 0.6 is 15.9 Å². The number of primary amides is 1. The third kappa shape index (κ3) is 3.37. The van der Waals surface area contributed by atoms with Crippen LogP contribution in [0.1, 0.15) is 23.8 Å². The van der Waals surface area contributed by atoms with E-state index in [1.54, 1.807) is 30.8 Å². The highest BCUT2D eigenvalue weighted by Crippen LogP contribution is 2.13. The molecule has 1 heterocycles. The predicted molar refractivity (Wildman–Crippen MR) is 63.9 cm³/mol. The summed E-state index contributed by atoms with van der Waals surface area (Å²) in [6.45, 7) is 1.74. The molecule has 0 aliphatic rings. The zero-order valence-corrected chi connectivity index (χ0v) is 10.7. The fourth-order valence-electron chi connectivity index (χ4n) is 1.40. The highest BCUT2D eigenvalue weighted by molar-refractivity contribution is 9.10. The molecule has 1 atom stereocenters. The number of rotatable bonds is 4. The molecule has 16 heavy (non-hydrogen) atoms. The van der Waals surface area contributed by atoms with E-state index in [0.29, 0.717) is 5.69 Å². The molecule has 1 aromatic rings. The minimum atomic E-state index is -0.430. The molecule has 0 aliphatic carbocycles.